The van der Waals surface area contributed by atoms with Crippen LogP contribution in [0.1, 0.15) is 22.7 Å². The quantitative estimate of drug-likeness (QED) is 0.282. The molecule has 1 aliphatic rings. The van der Waals surface area contributed by atoms with Gasteiger partial charge in [-0.1, -0.05) is 34.1 Å². The molecule has 4 rings (SSSR count). The van der Waals surface area contributed by atoms with Crippen LogP contribution in [0.2, 0.25) is 0 Å². The summed E-state index contributed by atoms with van der Waals surface area (Å²) in [5.41, 5.74) is 1.54. The molecule has 1 atom stereocenters. The standard InChI is InChI=1S/C25H22BrN3O5S/c1-28(2)35(33,34)20-11-7-18(8-12-20)23(30)21-22(17-5-9-19(26)10-6-17)29(25(32)24(21)31)15-16-4-3-13-27-14-16/h3-14,22,30H,15H2,1-2H3/t22-/m1/s1. The molecule has 1 saturated heterocycles. The van der Waals surface area contributed by atoms with Crippen molar-refractivity contribution in [2.24, 2.45) is 0 Å². The summed E-state index contributed by atoms with van der Waals surface area (Å²) >= 11 is 3.39. The molecular formula is C25H22BrN3O5S. The molecule has 0 saturated carbocycles. The number of likely N-dealkylation sites (tertiary alicyclic amines) is 1. The number of rotatable bonds is 6. The molecule has 1 fully saturated rings. The molecule has 2 aromatic carbocycles. The van der Waals surface area contributed by atoms with Gasteiger partial charge in [-0.2, -0.15) is 0 Å². The third-order valence-corrected chi connectivity index (χ3v) is 8.07. The summed E-state index contributed by atoms with van der Waals surface area (Å²) in [5.74, 6) is -1.93. The molecule has 1 aliphatic heterocycles. The first kappa shape index (κ1) is 24.8. The van der Waals surface area contributed by atoms with E-state index in [2.05, 4.69) is 20.9 Å². The van der Waals surface area contributed by atoms with E-state index in [0.717, 1.165) is 14.3 Å². The monoisotopic (exact) mass is 555 g/mol. The third kappa shape index (κ3) is 4.77. The van der Waals surface area contributed by atoms with E-state index in [1.54, 1.807) is 48.8 Å². The Morgan fingerprint density at radius 2 is 1.71 bits per heavy atom. The fourth-order valence-electron chi connectivity index (χ4n) is 3.87. The Morgan fingerprint density at radius 1 is 1.06 bits per heavy atom. The number of sulfonamides is 1. The zero-order valence-corrected chi connectivity index (χ0v) is 21.3. The molecule has 0 spiro atoms. The molecule has 0 radical (unpaired) electrons. The number of amides is 1. The normalized spacial score (nSPS) is 17.8. The van der Waals surface area contributed by atoms with E-state index in [-0.39, 0.29) is 28.3 Å². The number of nitrogens with zero attached hydrogens (tertiary/aromatic N) is 3. The van der Waals surface area contributed by atoms with Crippen LogP contribution in [0.3, 0.4) is 0 Å². The van der Waals surface area contributed by atoms with Gasteiger partial charge in [0.05, 0.1) is 16.5 Å². The molecule has 3 aromatic rings. The second-order valence-electron chi connectivity index (χ2n) is 8.15. The van der Waals surface area contributed by atoms with Crippen LogP contribution >= 0.6 is 15.9 Å². The Morgan fingerprint density at radius 3 is 2.29 bits per heavy atom. The van der Waals surface area contributed by atoms with E-state index in [0.29, 0.717) is 5.56 Å². The fourth-order valence-corrected chi connectivity index (χ4v) is 5.04. The highest BCUT2D eigenvalue weighted by molar-refractivity contribution is 9.10. The van der Waals surface area contributed by atoms with Gasteiger partial charge in [0.1, 0.15) is 5.76 Å². The second kappa shape index (κ2) is 9.73. The van der Waals surface area contributed by atoms with E-state index in [1.165, 1.54) is 43.3 Å². The minimum absolute atomic E-state index is 0.0422. The van der Waals surface area contributed by atoms with E-state index in [1.807, 2.05) is 0 Å². The second-order valence-corrected chi connectivity index (χ2v) is 11.2. The van der Waals surface area contributed by atoms with Gasteiger partial charge < -0.3 is 10.0 Å². The molecule has 0 unspecified atom stereocenters. The van der Waals surface area contributed by atoms with Gasteiger partial charge in [0.2, 0.25) is 10.0 Å². The highest BCUT2D eigenvalue weighted by Crippen LogP contribution is 2.40. The fraction of sp³-hybridized carbons (Fsp3) is 0.160. The van der Waals surface area contributed by atoms with Gasteiger partial charge in [-0.05, 0) is 53.6 Å². The summed E-state index contributed by atoms with van der Waals surface area (Å²) in [6.07, 6.45) is 3.23. The van der Waals surface area contributed by atoms with Crippen molar-refractivity contribution in [3.05, 3.63) is 99.8 Å². The molecule has 0 aliphatic carbocycles. The number of ketones is 1. The largest absolute Gasteiger partial charge is 0.507 e. The van der Waals surface area contributed by atoms with Gasteiger partial charge in [-0.25, -0.2) is 12.7 Å². The van der Waals surface area contributed by atoms with E-state index < -0.39 is 27.8 Å². The Bertz CT molecular complexity index is 1400. The van der Waals surface area contributed by atoms with Crippen LogP contribution in [0.5, 0.6) is 0 Å². The first-order valence-corrected chi connectivity index (χ1v) is 12.8. The van der Waals surface area contributed by atoms with Gasteiger partial charge >= 0.3 is 0 Å². The molecule has 180 valence electrons. The summed E-state index contributed by atoms with van der Waals surface area (Å²) in [6.45, 7) is 0.121. The maximum Gasteiger partial charge on any atom is 0.295 e. The molecule has 10 heteroatoms. The van der Waals surface area contributed by atoms with Gasteiger partial charge in [0.25, 0.3) is 11.7 Å². The molecule has 2 heterocycles. The van der Waals surface area contributed by atoms with E-state index in [4.69, 9.17) is 0 Å². The number of carbonyl (C=O) groups excluding carboxylic acids is 2. The summed E-state index contributed by atoms with van der Waals surface area (Å²) < 4.78 is 26.7. The van der Waals surface area contributed by atoms with Crippen molar-refractivity contribution in [3.8, 4) is 0 Å². The lowest BCUT2D eigenvalue weighted by molar-refractivity contribution is -0.140. The maximum absolute atomic E-state index is 13.2. The number of pyridine rings is 1. The summed E-state index contributed by atoms with van der Waals surface area (Å²) in [4.78, 5) is 31.8. The van der Waals surface area contributed by atoms with Gasteiger partial charge in [-0.15, -0.1) is 0 Å². The van der Waals surface area contributed by atoms with Crippen LogP contribution in [-0.2, 0) is 26.2 Å². The van der Waals surface area contributed by atoms with Crippen molar-refractivity contribution < 1.29 is 23.1 Å². The van der Waals surface area contributed by atoms with Crippen LogP contribution in [-0.4, -0.2) is 53.5 Å². The third-order valence-electron chi connectivity index (χ3n) is 5.71. The zero-order chi connectivity index (χ0) is 25.3. The molecule has 1 amide bonds. The zero-order valence-electron chi connectivity index (χ0n) is 18.9. The Kier molecular flexibility index (Phi) is 6.88. The predicted molar refractivity (Wildman–Crippen MR) is 134 cm³/mol. The number of aliphatic hydroxyl groups is 1. The number of halogens is 1. The summed E-state index contributed by atoms with van der Waals surface area (Å²) in [5, 5.41) is 11.2. The highest BCUT2D eigenvalue weighted by atomic mass is 79.9. The Hall–Kier alpha value is -3.34. The number of aliphatic hydroxyl groups excluding tert-OH is 1. The smallest absolute Gasteiger partial charge is 0.295 e. The van der Waals surface area contributed by atoms with Gasteiger partial charge in [-0.3, -0.25) is 14.6 Å². The van der Waals surface area contributed by atoms with Crippen LogP contribution < -0.4 is 0 Å². The Balaban J connectivity index is 1.82. The molecule has 35 heavy (non-hydrogen) atoms. The maximum atomic E-state index is 13.2. The number of hydrogen-bond donors (Lipinski definition) is 1. The molecule has 1 N–H and O–H groups in total. The minimum atomic E-state index is -3.66. The Labute approximate surface area is 211 Å². The molecule has 8 nitrogen and oxygen atoms in total. The lowest BCUT2D eigenvalue weighted by atomic mass is 9.95. The molecule has 1 aromatic heterocycles. The van der Waals surface area contributed by atoms with Crippen molar-refractivity contribution in [1.82, 2.24) is 14.2 Å². The summed E-state index contributed by atoms with van der Waals surface area (Å²) in [6, 6.07) is 15.4. The van der Waals surface area contributed by atoms with Crippen molar-refractivity contribution in [1.29, 1.82) is 0 Å². The van der Waals surface area contributed by atoms with Gasteiger partial charge in [0.15, 0.2) is 0 Å². The SMILES string of the molecule is CN(C)S(=O)(=O)c1ccc(C(O)=C2C(=O)C(=O)N(Cc3cccnc3)[C@@H]2c2ccc(Br)cc2)cc1. The number of Topliss-reactive ketones (excluding diaryl/α,β-unsaturated/α-hetero) is 1. The van der Waals surface area contributed by atoms with Crippen LogP contribution in [0, 0.1) is 0 Å². The van der Waals surface area contributed by atoms with Crippen molar-refractivity contribution in [2.45, 2.75) is 17.5 Å². The highest BCUT2D eigenvalue weighted by Gasteiger charge is 2.46. The summed E-state index contributed by atoms with van der Waals surface area (Å²) in [7, 11) is -0.820. The number of aromatic nitrogens is 1. The van der Waals surface area contributed by atoms with Crippen molar-refractivity contribution >= 4 is 43.4 Å². The predicted octanol–water partition coefficient (Wildman–Crippen LogP) is 3.72. The molecule has 0 bridgehead atoms. The number of hydrogen-bond acceptors (Lipinski definition) is 6. The van der Waals surface area contributed by atoms with Crippen molar-refractivity contribution in [3.63, 3.8) is 0 Å². The number of benzene rings is 2. The minimum Gasteiger partial charge on any atom is -0.507 e. The lowest BCUT2D eigenvalue weighted by Crippen LogP contribution is -2.29. The average Bonchev–Trinajstić information content (AvgIpc) is 3.09. The van der Waals surface area contributed by atoms with E-state index >= 15 is 0 Å². The van der Waals surface area contributed by atoms with Crippen LogP contribution in [0.25, 0.3) is 5.76 Å². The van der Waals surface area contributed by atoms with Crippen molar-refractivity contribution in [2.75, 3.05) is 14.1 Å². The van der Waals surface area contributed by atoms with E-state index in [9.17, 15) is 23.1 Å². The van der Waals surface area contributed by atoms with Crippen LogP contribution in [0.4, 0.5) is 0 Å². The molecular weight excluding hydrogens is 534 g/mol. The average molecular weight is 556 g/mol. The first-order valence-electron chi connectivity index (χ1n) is 10.6. The number of carbonyl (C=O) groups is 2. The van der Waals surface area contributed by atoms with Gasteiger partial charge in [0, 0.05) is 43.1 Å². The topological polar surface area (TPSA) is 108 Å². The van der Waals surface area contributed by atoms with Crippen LogP contribution in [0.15, 0.2) is 88.0 Å². The lowest BCUT2D eigenvalue weighted by Gasteiger charge is -2.25. The first-order chi connectivity index (χ1) is 16.6.